The van der Waals surface area contributed by atoms with E-state index in [1.807, 2.05) is 26.0 Å². The molecule has 0 spiro atoms. The van der Waals surface area contributed by atoms with E-state index in [1.165, 1.54) is 0 Å². The number of nitrogens with one attached hydrogen (secondary N) is 2. The van der Waals surface area contributed by atoms with E-state index < -0.39 is 0 Å². The number of hydrazine groups is 1. The summed E-state index contributed by atoms with van der Waals surface area (Å²) in [6.45, 7) is 4.00. The predicted molar refractivity (Wildman–Crippen MR) is 62.7 cm³/mol. The second-order valence-electron chi connectivity index (χ2n) is 3.78. The molecule has 0 aromatic heterocycles. The van der Waals surface area contributed by atoms with Crippen LogP contribution in [0.25, 0.3) is 0 Å². The van der Waals surface area contributed by atoms with Crippen molar-refractivity contribution in [1.82, 2.24) is 5.43 Å². The van der Waals surface area contributed by atoms with Crippen LogP contribution in [0.2, 0.25) is 5.02 Å². The smallest absolute Gasteiger partial charge is 0.238 e. The van der Waals surface area contributed by atoms with Gasteiger partial charge in [-0.3, -0.25) is 15.6 Å². The van der Waals surface area contributed by atoms with Gasteiger partial charge in [0.25, 0.3) is 0 Å². The van der Waals surface area contributed by atoms with Gasteiger partial charge in [-0.15, -0.1) is 0 Å². The number of hydrogen-bond donors (Lipinski definition) is 2. The molecule has 0 aliphatic carbocycles. The average molecular weight is 227 g/mol. The third kappa shape index (κ3) is 4.70. The number of carbonyl (C=O) groups is 1. The zero-order valence-electron chi connectivity index (χ0n) is 8.88. The number of anilines is 1. The molecule has 0 fully saturated rings. The van der Waals surface area contributed by atoms with Crippen molar-refractivity contribution in [3.05, 3.63) is 29.3 Å². The van der Waals surface area contributed by atoms with Gasteiger partial charge in [0.15, 0.2) is 0 Å². The highest BCUT2D eigenvalue weighted by molar-refractivity contribution is 6.30. The van der Waals surface area contributed by atoms with Crippen molar-refractivity contribution in [2.45, 2.75) is 20.3 Å². The second-order valence-corrected chi connectivity index (χ2v) is 4.22. The second kappa shape index (κ2) is 5.61. The first-order valence-corrected chi connectivity index (χ1v) is 5.26. The maximum absolute atomic E-state index is 11.3. The molecule has 0 unspecified atom stereocenters. The lowest BCUT2D eigenvalue weighted by molar-refractivity contribution is -0.121. The molecule has 1 amide bonds. The fraction of sp³-hybridized carbons (Fsp3) is 0.364. The van der Waals surface area contributed by atoms with Gasteiger partial charge in [-0.25, -0.2) is 0 Å². The van der Waals surface area contributed by atoms with E-state index in [4.69, 9.17) is 11.6 Å². The Hall–Kier alpha value is -1.22. The Morgan fingerprint density at radius 3 is 2.80 bits per heavy atom. The fourth-order valence-electron chi connectivity index (χ4n) is 1.13. The molecule has 15 heavy (non-hydrogen) atoms. The van der Waals surface area contributed by atoms with E-state index in [0.29, 0.717) is 17.4 Å². The number of rotatable bonds is 4. The Morgan fingerprint density at radius 2 is 2.20 bits per heavy atom. The lowest BCUT2D eigenvalue weighted by atomic mass is 10.1. The number of benzene rings is 1. The van der Waals surface area contributed by atoms with E-state index in [9.17, 15) is 4.79 Å². The summed E-state index contributed by atoms with van der Waals surface area (Å²) >= 11 is 5.79. The van der Waals surface area contributed by atoms with Crippen LogP contribution in [0.5, 0.6) is 0 Å². The topological polar surface area (TPSA) is 41.1 Å². The highest BCUT2D eigenvalue weighted by Crippen LogP contribution is 2.13. The SMILES string of the molecule is CC(C)CC(=O)NNc1cccc(Cl)c1. The molecule has 0 saturated carbocycles. The van der Waals surface area contributed by atoms with Crippen molar-refractivity contribution in [2.75, 3.05) is 5.43 Å². The minimum Gasteiger partial charge on any atom is -0.299 e. The molecule has 1 rings (SSSR count). The summed E-state index contributed by atoms with van der Waals surface area (Å²) < 4.78 is 0. The van der Waals surface area contributed by atoms with Crippen molar-refractivity contribution in [2.24, 2.45) is 5.92 Å². The molecule has 1 aromatic rings. The molecule has 2 N–H and O–H groups in total. The summed E-state index contributed by atoms with van der Waals surface area (Å²) in [5.74, 6) is 0.330. The van der Waals surface area contributed by atoms with Crippen LogP contribution < -0.4 is 10.9 Å². The van der Waals surface area contributed by atoms with E-state index in [1.54, 1.807) is 12.1 Å². The van der Waals surface area contributed by atoms with Crippen LogP contribution in [0.3, 0.4) is 0 Å². The first kappa shape index (κ1) is 11.9. The lowest BCUT2D eigenvalue weighted by Gasteiger charge is -2.09. The molecule has 0 aliphatic heterocycles. The Kier molecular flexibility index (Phi) is 4.43. The maximum atomic E-state index is 11.3. The largest absolute Gasteiger partial charge is 0.299 e. The summed E-state index contributed by atoms with van der Waals surface area (Å²) in [4.78, 5) is 11.3. The van der Waals surface area contributed by atoms with Crippen molar-refractivity contribution in [1.29, 1.82) is 0 Å². The highest BCUT2D eigenvalue weighted by atomic mass is 35.5. The number of halogens is 1. The van der Waals surface area contributed by atoms with Crippen LogP contribution in [-0.2, 0) is 4.79 Å². The van der Waals surface area contributed by atoms with E-state index in [0.717, 1.165) is 5.69 Å². The van der Waals surface area contributed by atoms with Crippen LogP contribution in [0.15, 0.2) is 24.3 Å². The molecule has 3 nitrogen and oxygen atoms in total. The Labute approximate surface area is 94.8 Å². The van der Waals surface area contributed by atoms with Crippen LogP contribution in [-0.4, -0.2) is 5.91 Å². The normalized spacial score (nSPS) is 10.1. The standard InChI is InChI=1S/C11H15ClN2O/c1-8(2)6-11(15)14-13-10-5-3-4-9(12)7-10/h3-5,7-8,13H,6H2,1-2H3,(H,14,15). The van der Waals surface area contributed by atoms with E-state index in [-0.39, 0.29) is 5.91 Å². The summed E-state index contributed by atoms with van der Waals surface area (Å²) in [6, 6.07) is 7.18. The quantitative estimate of drug-likeness (QED) is 0.776. The Bertz CT molecular complexity index is 339. The van der Waals surface area contributed by atoms with Crippen LogP contribution in [0, 0.1) is 5.92 Å². The number of hydrogen-bond acceptors (Lipinski definition) is 2. The first-order chi connectivity index (χ1) is 7.08. The van der Waals surface area contributed by atoms with Crippen molar-refractivity contribution in [3.8, 4) is 0 Å². The zero-order valence-corrected chi connectivity index (χ0v) is 9.64. The number of carbonyl (C=O) groups excluding carboxylic acids is 1. The van der Waals surface area contributed by atoms with E-state index in [2.05, 4.69) is 10.9 Å². The van der Waals surface area contributed by atoms with Gasteiger partial charge < -0.3 is 0 Å². The molecule has 0 bridgehead atoms. The summed E-state index contributed by atoms with van der Waals surface area (Å²) in [6.07, 6.45) is 0.508. The van der Waals surface area contributed by atoms with Gasteiger partial charge in [0.2, 0.25) is 5.91 Å². The van der Waals surface area contributed by atoms with E-state index >= 15 is 0 Å². The molecule has 1 aromatic carbocycles. The molecular formula is C11H15ClN2O. The monoisotopic (exact) mass is 226 g/mol. The van der Waals surface area contributed by atoms with Gasteiger partial charge in [0.1, 0.15) is 0 Å². The summed E-state index contributed by atoms with van der Waals surface area (Å²) in [7, 11) is 0. The van der Waals surface area contributed by atoms with Gasteiger partial charge in [0, 0.05) is 11.4 Å². The van der Waals surface area contributed by atoms with Crippen molar-refractivity contribution < 1.29 is 4.79 Å². The molecule has 0 radical (unpaired) electrons. The van der Waals surface area contributed by atoms with Gasteiger partial charge in [-0.2, -0.15) is 0 Å². The van der Waals surface area contributed by atoms with Gasteiger partial charge in [0.05, 0.1) is 5.69 Å². The van der Waals surface area contributed by atoms with Crippen molar-refractivity contribution in [3.63, 3.8) is 0 Å². The third-order valence-corrected chi connectivity index (χ3v) is 2.00. The van der Waals surface area contributed by atoms with Gasteiger partial charge in [-0.1, -0.05) is 31.5 Å². The Morgan fingerprint density at radius 1 is 1.47 bits per heavy atom. The molecule has 82 valence electrons. The summed E-state index contributed by atoms with van der Waals surface area (Å²) in [5, 5.41) is 0.637. The van der Waals surface area contributed by atoms with Crippen LogP contribution in [0.1, 0.15) is 20.3 Å². The highest BCUT2D eigenvalue weighted by Gasteiger charge is 2.03. The first-order valence-electron chi connectivity index (χ1n) is 4.88. The predicted octanol–water partition coefficient (Wildman–Crippen LogP) is 2.83. The maximum Gasteiger partial charge on any atom is 0.238 e. The minimum atomic E-state index is -0.0232. The van der Waals surface area contributed by atoms with Gasteiger partial charge >= 0.3 is 0 Å². The average Bonchev–Trinajstić information content (AvgIpc) is 2.14. The molecule has 0 saturated heterocycles. The van der Waals surface area contributed by atoms with Crippen LogP contribution in [0.4, 0.5) is 5.69 Å². The molecule has 0 atom stereocenters. The fourth-order valence-corrected chi connectivity index (χ4v) is 1.32. The number of amides is 1. The Balaban J connectivity index is 2.40. The van der Waals surface area contributed by atoms with Gasteiger partial charge in [-0.05, 0) is 24.1 Å². The minimum absolute atomic E-state index is 0.0232. The molecular weight excluding hydrogens is 212 g/mol. The molecule has 0 aliphatic rings. The summed E-state index contributed by atoms with van der Waals surface area (Å²) in [5.41, 5.74) is 6.19. The van der Waals surface area contributed by atoms with Crippen LogP contribution >= 0.6 is 11.6 Å². The third-order valence-electron chi connectivity index (χ3n) is 1.76. The lowest BCUT2D eigenvalue weighted by Crippen LogP contribution is -2.30. The zero-order chi connectivity index (χ0) is 11.3. The molecule has 0 heterocycles. The van der Waals surface area contributed by atoms with Crippen molar-refractivity contribution >= 4 is 23.2 Å². The molecule has 4 heteroatoms.